The summed E-state index contributed by atoms with van der Waals surface area (Å²) in [6.07, 6.45) is 10.4. The van der Waals surface area contributed by atoms with Gasteiger partial charge in [-0.1, -0.05) is 68.4 Å². The molecule has 2 aromatic carbocycles. The number of hydrogen-bond acceptors (Lipinski definition) is 8. The Morgan fingerprint density at radius 1 is 1.09 bits per heavy atom. The van der Waals surface area contributed by atoms with Gasteiger partial charge in [0.25, 0.3) is 0 Å². The molecule has 0 radical (unpaired) electrons. The number of fused-ring (bicyclic) bond motifs is 6. The molecule has 2 aliphatic rings. The summed E-state index contributed by atoms with van der Waals surface area (Å²) >= 11 is 8.12. The minimum Gasteiger partial charge on any atom is -0.366 e. The average Bonchev–Trinajstić information content (AvgIpc) is 3.04. The van der Waals surface area contributed by atoms with Crippen LogP contribution in [0.5, 0.6) is 0 Å². The van der Waals surface area contributed by atoms with Crippen LogP contribution < -0.4 is 16.0 Å². The Kier molecular flexibility index (Phi) is 11.5. The van der Waals surface area contributed by atoms with E-state index in [-0.39, 0.29) is 11.8 Å². The van der Waals surface area contributed by atoms with Crippen LogP contribution in [0.3, 0.4) is 0 Å². The van der Waals surface area contributed by atoms with Crippen molar-refractivity contribution in [2.75, 3.05) is 29.0 Å². The van der Waals surface area contributed by atoms with Gasteiger partial charge < -0.3 is 20.9 Å². The van der Waals surface area contributed by atoms with Crippen LogP contribution in [0, 0.1) is 12.8 Å². The second-order valence-electron chi connectivity index (χ2n) is 11.8. The van der Waals surface area contributed by atoms with E-state index in [0.717, 1.165) is 72.0 Å². The quantitative estimate of drug-likeness (QED) is 0.177. The van der Waals surface area contributed by atoms with Crippen LogP contribution >= 0.6 is 23.4 Å². The maximum absolute atomic E-state index is 13.4. The highest BCUT2D eigenvalue weighted by Gasteiger charge is 2.24. The van der Waals surface area contributed by atoms with Crippen molar-refractivity contribution < 1.29 is 4.79 Å². The van der Waals surface area contributed by atoms with Gasteiger partial charge in [0.15, 0.2) is 5.82 Å². The van der Waals surface area contributed by atoms with Gasteiger partial charge in [0.2, 0.25) is 11.9 Å². The minimum absolute atomic E-state index is 0.0280. The molecule has 1 amide bonds. The first kappa shape index (κ1) is 33.3. The molecule has 6 rings (SSSR count). The van der Waals surface area contributed by atoms with Crippen molar-refractivity contribution in [2.24, 2.45) is 5.92 Å². The lowest BCUT2D eigenvalue weighted by atomic mass is 9.94. The lowest BCUT2D eigenvalue weighted by Crippen LogP contribution is -2.35. The number of rotatable bonds is 6. The summed E-state index contributed by atoms with van der Waals surface area (Å²) in [6.45, 7) is 12.5. The fourth-order valence-corrected chi connectivity index (χ4v) is 6.60. The highest BCUT2D eigenvalue weighted by atomic mass is 35.5. The highest BCUT2D eigenvalue weighted by molar-refractivity contribution is 8.03. The van der Waals surface area contributed by atoms with Crippen LogP contribution in [0.4, 0.5) is 28.8 Å². The summed E-state index contributed by atoms with van der Waals surface area (Å²) in [7, 11) is 0. The van der Waals surface area contributed by atoms with Crippen LogP contribution in [-0.4, -0.2) is 38.8 Å². The van der Waals surface area contributed by atoms with E-state index < -0.39 is 0 Å². The fourth-order valence-electron chi connectivity index (χ4n) is 5.54. The van der Waals surface area contributed by atoms with Crippen LogP contribution in [0.15, 0.2) is 83.6 Å². The number of hydrogen-bond donors (Lipinski definition) is 3. The summed E-state index contributed by atoms with van der Waals surface area (Å²) in [4.78, 5) is 30.2. The Morgan fingerprint density at radius 3 is 2.74 bits per heavy atom. The molecule has 6 bridgehead atoms. The van der Waals surface area contributed by atoms with E-state index in [1.165, 1.54) is 16.9 Å². The van der Waals surface area contributed by atoms with Crippen LogP contribution in [0.2, 0.25) is 5.02 Å². The fraction of sp³-hybridized carbons (Fsp3) is 0.333. The molecular weight excluding hydrogens is 614 g/mol. The average molecular weight is 656 g/mol. The predicted octanol–water partition coefficient (Wildman–Crippen LogP) is 9.14. The van der Waals surface area contributed by atoms with Crippen molar-refractivity contribution in [3.8, 4) is 0 Å². The number of nitrogens with zero attached hydrogens (tertiary/aromatic N) is 4. The Balaban J connectivity index is 0.00000134. The number of nitrogens with one attached hydrogen (secondary N) is 3. The summed E-state index contributed by atoms with van der Waals surface area (Å²) in [6, 6.07) is 16.3. The molecule has 2 aliphatic heterocycles. The number of aryl methyl sites for hydroxylation is 3. The number of amides is 1. The zero-order valence-electron chi connectivity index (χ0n) is 26.8. The van der Waals surface area contributed by atoms with E-state index in [1.807, 2.05) is 30.5 Å². The molecule has 0 saturated carbocycles. The first-order chi connectivity index (χ1) is 22.3. The number of halogens is 1. The van der Waals surface area contributed by atoms with Gasteiger partial charge >= 0.3 is 0 Å². The number of carbonyl (C=O) groups is 1. The van der Waals surface area contributed by atoms with Crippen LogP contribution in [0.25, 0.3) is 0 Å². The Hall–Kier alpha value is -4.08. The molecule has 4 heterocycles. The van der Waals surface area contributed by atoms with Gasteiger partial charge in [-0.3, -0.25) is 9.78 Å². The summed E-state index contributed by atoms with van der Waals surface area (Å²) < 4.78 is 0. The van der Waals surface area contributed by atoms with E-state index in [9.17, 15) is 4.79 Å². The first-order valence-corrected chi connectivity index (χ1v) is 17.1. The maximum atomic E-state index is 13.4. The van der Waals surface area contributed by atoms with Crippen molar-refractivity contribution in [3.63, 3.8) is 0 Å². The second kappa shape index (κ2) is 16.0. The molecule has 1 unspecified atom stereocenters. The van der Waals surface area contributed by atoms with Gasteiger partial charge in [0, 0.05) is 42.0 Å². The number of benzene rings is 2. The van der Waals surface area contributed by atoms with Gasteiger partial charge in [0.1, 0.15) is 5.02 Å². The van der Waals surface area contributed by atoms with Crippen LogP contribution in [0.1, 0.15) is 56.2 Å². The molecule has 1 fully saturated rings. The molecule has 10 heteroatoms. The van der Waals surface area contributed by atoms with Gasteiger partial charge in [-0.2, -0.15) is 4.98 Å². The first-order valence-electron chi connectivity index (χ1n) is 15.9. The second-order valence-corrected chi connectivity index (χ2v) is 13.3. The smallest absolute Gasteiger partial charge is 0.229 e. The number of thioether (sulfide) groups is 1. The van der Waals surface area contributed by atoms with Gasteiger partial charge in [0.05, 0.1) is 23.1 Å². The number of likely N-dealkylation sites (tertiary alicyclic amines) is 1. The van der Waals surface area contributed by atoms with Gasteiger partial charge in [-0.05, 0) is 85.5 Å². The predicted molar refractivity (Wildman–Crippen MR) is 191 cm³/mol. The van der Waals surface area contributed by atoms with E-state index in [1.54, 1.807) is 24.2 Å². The van der Waals surface area contributed by atoms with Gasteiger partial charge in [-0.25, -0.2) is 4.98 Å². The normalized spacial score (nSPS) is 15.4. The summed E-state index contributed by atoms with van der Waals surface area (Å²) in [5.41, 5.74) is 5.78. The van der Waals surface area contributed by atoms with Gasteiger partial charge in [-0.15, -0.1) is 0 Å². The highest BCUT2D eigenvalue weighted by Crippen LogP contribution is 2.34. The monoisotopic (exact) mass is 655 g/mol. The van der Waals surface area contributed by atoms with Crippen molar-refractivity contribution >= 4 is 58.1 Å². The molecular formula is C36H42ClN7OS. The number of piperidine rings is 1. The molecule has 0 spiro atoms. The Labute approximate surface area is 281 Å². The molecule has 4 aromatic rings. The molecule has 2 aromatic heterocycles. The van der Waals surface area contributed by atoms with Crippen LogP contribution in [-0.2, 0) is 17.6 Å². The standard InChI is InChI=1S/C33H34ClN7OS.C3H8/c1-21-6-3-4-8-30(21)43-22(2)41-13-5-7-24(20-41)15-31(42)39-29-12-11-26-16-25(29)10-9-23-14-27(18-35-17-23)38-33-36-19-28(34)32(37-26)40-33;1-3-2/h3-4,6,8,11-12,14,16-19,24H,2,5,7,9-10,13,15,20H2,1H3,(H,39,42)(H2,36,37,38,40);3H2,1-2H3. The Bertz CT molecular complexity index is 1680. The minimum atomic E-state index is 0.0280. The number of carbonyl (C=O) groups excluding carboxylic acids is 1. The van der Waals surface area contributed by atoms with E-state index in [4.69, 9.17) is 11.6 Å². The lowest BCUT2D eigenvalue weighted by molar-refractivity contribution is -0.117. The largest absolute Gasteiger partial charge is 0.366 e. The third-order valence-corrected chi connectivity index (χ3v) is 9.24. The molecule has 1 saturated heterocycles. The number of pyridine rings is 1. The topological polar surface area (TPSA) is 95.1 Å². The van der Waals surface area contributed by atoms with E-state index in [2.05, 4.69) is 87.4 Å². The van der Waals surface area contributed by atoms with E-state index >= 15 is 0 Å². The molecule has 240 valence electrons. The Morgan fingerprint density at radius 2 is 1.91 bits per heavy atom. The number of anilines is 5. The maximum Gasteiger partial charge on any atom is 0.229 e. The third-order valence-electron chi connectivity index (χ3n) is 7.79. The third kappa shape index (κ3) is 9.01. The van der Waals surface area contributed by atoms with Crippen molar-refractivity contribution in [2.45, 2.75) is 64.2 Å². The zero-order chi connectivity index (χ0) is 32.5. The zero-order valence-corrected chi connectivity index (χ0v) is 28.3. The van der Waals surface area contributed by atoms with Crippen molar-refractivity contribution in [1.82, 2.24) is 19.9 Å². The van der Waals surface area contributed by atoms with Crippen molar-refractivity contribution in [3.05, 3.63) is 100 Å². The lowest BCUT2D eigenvalue weighted by Gasteiger charge is -2.35. The molecule has 1 atom stereocenters. The van der Waals surface area contributed by atoms with E-state index in [0.29, 0.717) is 23.2 Å². The molecule has 46 heavy (non-hydrogen) atoms. The summed E-state index contributed by atoms with van der Waals surface area (Å²) in [5, 5.41) is 11.2. The summed E-state index contributed by atoms with van der Waals surface area (Å²) in [5.74, 6) is 1.21. The molecule has 0 aliphatic carbocycles. The molecule has 3 N–H and O–H groups in total. The number of aromatic nitrogens is 3. The SMILES string of the molecule is C=C(Sc1ccccc1C)N1CCCC(CC(=O)Nc2ccc3cc2CCc2cncc(c2)Nc2ncc(Cl)c(n2)N3)C1.CCC. The molecule has 8 nitrogen and oxygen atoms in total. The van der Waals surface area contributed by atoms with Crippen molar-refractivity contribution in [1.29, 1.82) is 0 Å².